The van der Waals surface area contributed by atoms with Gasteiger partial charge >= 0.3 is 0 Å². The van der Waals surface area contributed by atoms with Gasteiger partial charge in [-0.15, -0.1) is 0 Å². The minimum atomic E-state index is -0.241. The summed E-state index contributed by atoms with van der Waals surface area (Å²) < 4.78 is 0. The van der Waals surface area contributed by atoms with Crippen molar-refractivity contribution in [2.75, 3.05) is 24.6 Å². The van der Waals surface area contributed by atoms with Crippen molar-refractivity contribution in [3.05, 3.63) is 59.7 Å². The van der Waals surface area contributed by atoms with Gasteiger partial charge in [0.25, 0.3) is 0 Å². The second-order valence-electron chi connectivity index (χ2n) is 5.77. The van der Waals surface area contributed by atoms with Crippen molar-refractivity contribution in [1.82, 2.24) is 20.2 Å². The van der Waals surface area contributed by atoms with Crippen LogP contribution in [0, 0.1) is 6.92 Å². The van der Waals surface area contributed by atoms with Crippen LogP contribution in [0.4, 0.5) is 0 Å². The summed E-state index contributed by atoms with van der Waals surface area (Å²) >= 11 is 1.94. The molecular formula is C18H22N4OS. The summed E-state index contributed by atoms with van der Waals surface area (Å²) in [5.74, 6) is 2.89. The van der Waals surface area contributed by atoms with Crippen molar-refractivity contribution in [2.24, 2.45) is 0 Å². The molecule has 3 rings (SSSR count). The van der Waals surface area contributed by atoms with Crippen LogP contribution in [0.25, 0.3) is 0 Å². The summed E-state index contributed by atoms with van der Waals surface area (Å²) in [7, 11) is 0. The van der Waals surface area contributed by atoms with Crippen molar-refractivity contribution in [3.8, 4) is 0 Å². The average molecular weight is 342 g/mol. The average Bonchev–Trinajstić information content (AvgIpc) is 2.62. The monoisotopic (exact) mass is 342 g/mol. The molecule has 24 heavy (non-hydrogen) atoms. The van der Waals surface area contributed by atoms with E-state index in [1.54, 1.807) is 6.20 Å². The number of nitrogens with zero attached hydrogens (tertiary/aromatic N) is 3. The standard InChI is InChI=1S/C18H22N4OS/c1-14-19-8-7-16(21-14)13-20-18(23)17(15-5-3-2-4-6-15)22-9-11-24-12-10-22/h2-8,17H,9-13H2,1H3,(H,20,23). The molecule has 1 amide bonds. The summed E-state index contributed by atoms with van der Waals surface area (Å²) in [6.45, 7) is 4.14. The highest BCUT2D eigenvalue weighted by atomic mass is 32.2. The molecule has 1 atom stereocenters. The first-order chi connectivity index (χ1) is 11.7. The third-order valence-corrected chi connectivity index (χ3v) is 4.99. The molecule has 0 aliphatic carbocycles. The molecule has 2 aromatic rings. The van der Waals surface area contributed by atoms with Crippen molar-refractivity contribution in [1.29, 1.82) is 0 Å². The zero-order valence-electron chi connectivity index (χ0n) is 13.8. The van der Waals surface area contributed by atoms with Gasteiger partial charge in [0, 0.05) is 30.8 Å². The molecule has 1 aromatic carbocycles. The Balaban J connectivity index is 1.73. The fourth-order valence-corrected chi connectivity index (χ4v) is 3.81. The Bertz CT molecular complexity index is 674. The molecule has 1 fully saturated rings. The van der Waals surface area contributed by atoms with Gasteiger partial charge in [-0.05, 0) is 18.6 Å². The van der Waals surface area contributed by atoms with E-state index in [-0.39, 0.29) is 11.9 Å². The van der Waals surface area contributed by atoms with Crippen molar-refractivity contribution in [2.45, 2.75) is 19.5 Å². The van der Waals surface area contributed by atoms with E-state index in [9.17, 15) is 4.79 Å². The van der Waals surface area contributed by atoms with Crippen LogP contribution in [0.5, 0.6) is 0 Å². The Morgan fingerprint density at radius 2 is 2.00 bits per heavy atom. The molecule has 0 bridgehead atoms. The van der Waals surface area contributed by atoms with Crippen LogP contribution in [0.2, 0.25) is 0 Å². The molecule has 0 spiro atoms. The van der Waals surface area contributed by atoms with E-state index in [4.69, 9.17) is 0 Å². The van der Waals surface area contributed by atoms with E-state index in [2.05, 4.69) is 20.2 Å². The highest BCUT2D eigenvalue weighted by Gasteiger charge is 2.28. The first-order valence-electron chi connectivity index (χ1n) is 8.17. The Kier molecular flexibility index (Phi) is 5.82. The summed E-state index contributed by atoms with van der Waals surface area (Å²) in [6, 6.07) is 11.6. The molecule has 0 saturated carbocycles. The van der Waals surface area contributed by atoms with Gasteiger partial charge in [0.15, 0.2) is 0 Å². The largest absolute Gasteiger partial charge is 0.349 e. The van der Waals surface area contributed by atoms with Gasteiger partial charge in [-0.2, -0.15) is 11.8 Å². The van der Waals surface area contributed by atoms with Gasteiger partial charge in [0.05, 0.1) is 12.2 Å². The zero-order valence-corrected chi connectivity index (χ0v) is 14.6. The summed E-state index contributed by atoms with van der Waals surface area (Å²) in [5, 5.41) is 3.04. The maximum absolute atomic E-state index is 12.9. The van der Waals surface area contributed by atoms with E-state index < -0.39 is 0 Å². The van der Waals surface area contributed by atoms with Crippen LogP contribution in [0.3, 0.4) is 0 Å². The van der Waals surface area contributed by atoms with Gasteiger partial charge in [-0.3, -0.25) is 9.69 Å². The number of aromatic nitrogens is 2. The van der Waals surface area contributed by atoms with E-state index in [0.29, 0.717) is 6.54 Å². The lowest BCUT2D eigenvalue weighted by Gasteiger charge is -2.33. The number of benzene rings is 1. The number of rotatable bonds is 5. The van der Waals surface area contributed by atoms with Gasteiger partial charge in [-0.25, -0.2) is 9.97 Å². The number of carbonyl (C=O) groups excluding carboxylic acids is 1. The molecule has 1 N–H and O–H groups in total. The number of hydrogen-bond acceptors (Lipinski definition) is 5. The molecule has 1 aliphatic heterocycles. The second-order valence-corrected chi connectivity index (χ2v) is 7.00. The highest BCUT2D eigenvalue weighted by molar-refractivity contribution is 7.99. The first kappa shape index (κ1) is 16.9. The van der Waals surface area contributed by atoms with Crippen LogP contribution in [0.1, 0.15) is 23.1 Å². The Morgan fingerprint density at radius 1 is 1.25 bits per heavy atom. The van der Waals surface area contributed by atoms with Gasteiger partial charge in [0.2, 0.25) is 5.91 Å². The Morgan fingerprint density at radius 3 is 2.71 bits per heavy atom. The molecular weight excluding hydrogens is 320 g/mol. The molecule has 1 aliphatic rings. The molecule has 126 valence electrons. The normalized spacial score (nSPS) is 16.5. The van der Waals surface area contributed by atoms with Crippen molar-refractivity contribution < 1.29 is 4.79 Å². The number of amides is 1. The minimum absolute atomic E-state index is 0.0318. The predicted octanol–water partition coefficient (Wildman–Crippen LogP) is 2.19. The van der Waals surface area contributed by atoms with Crippen LogP contribution in [0.15, 0.2) is 42.6 Å². The lowest BCUT2D eigenvalue weighted by molar-refractivity contribution is -0.126. The fourth-order valence-electron chi connectivity index (χ4n) is 2.88. The lowest BCUT2D eigenvalue weighted by atomic mass is 10.0. The maximum Gasteiger partial charge on any atom is 0.242 e. The number of nitrogens with one attached hydrogen (secondary N) is 1. The van der Waals surface area contributed by atoms with Gasteiger partial charge < -0.3 is 5.32 Å². The third kappa shape index (κ3) is 4.33. The number of aryl methyl sites for hydroxylation is 1. The summed E-state index contributed by atoms with van der Waals surface area (Å²) in [6.07, 6.45) is 1.72. The first-order valence-corrected chi connectivity index (χ1v) is 9.32. The van der Waals surface area contributed by atoms with Crippen LogP contribution in [-0.2, 0) is 11.3 Å². The SMILES string of the molecule is Cc1nccc(CNC(=O)C(c2ccccc2)N2CCSCC2)n1. The number of hydrogen-bond donors (Lipinski definition) is 1. The highest BCUT2D eigenvalue weighted by Crippen LogP contribution is 2.24. The number of thioether (sulfide) groups is 1. The summed E-state index contributed by atoms with van der Waals surface area (Å²) in [5.41, 5.74) is 1.87. The predicted molar refractivity (Wildman–Crippen MR) is 96.7 cm³/mol. The Labute approximate surface area is 146 Å². The second kappa shape index (κ2) is 8.26. The van der Waals surface area contributed by atoms with Gasteiger partial charge in [0.1, 0.15) is 11.9 Å². The topological polar surface area (TPSA) is 58.1 Å². The molecule has 2 heterocycles. The van der Waals surface area contributed by atoms with E-state index in [0.717, 1.165) is 41.7 Å². The zero-order chi connectivity index (χ0) is 16.8. The third-order valence-electron chi connectivity index (χ3n) is 4.05. The lowest BCUT2D eigenvalue weighted by Crippen LogP contribution is -2.44. The molecule has 1 saturated heterocycles. The van der Waals surface area contributed by atoms with Crippen LogP contribution >= 0.6 is 11.8 Å². The molecule has 0 radical (unpaired) electrons. The van der Waals surface area contributed by atoms with E-state index >= 15 is 0 Å². The Hall–Kier alpha value is -1.92. The molecule has 5 nitrogen and oxygen atoms in total. The molecule has 1 unspecified atom stereocenters. The van der Waals surface area contributed by atoms with Gasteiger partial charge in [-0.1, -0.05) is 30.3 Å². The minimum Gasteiger partial charge on any atom is -0.349 e. The van der Waals surface area contributed by atoms with Crippen LogP contribution < -0.4 is 5.32 Å². The fraction of sp³-hybridized carbons (Fsp3) is 0.389. The van der Waals surface area contributed by atoms with E-state index in [1.165, 1.54) is 0 Å². The van der Waals surface area contributed by atoms with Crippen molar-refractivity contribution >= 4 is 17.7 Å². The number of carbonyl (C=O) groups is 1. The smallest absolute Gasteiger partial charge is 0.242 e. The quantitative estimate of drug-likeness (QED) is 0.903. The van der Waals surface area contributed by atoms with Crippen molar-refractivity contribution in [3.63, 3.8) is 0 Å². The molecule has 6 heteroatoms. The summed E-state index contributed by atoms with van der Waals surface area (Å²) in [4.78, 5) is 23.6. The van der Waals surface area contributed by atoms with Crippen LogP contribution in [-0.4, -0.2) is 45.4 Å². The van der Waals surface area contributed by atoms with E-state index in [1.807, 2.05) is 55.1 Å². The molecule has 1 aromatic heterocycles. The maximum atomic E-state index is 12.9.